The van der Waals surface area contributed by atoms with Gasteiger partial charge in [-0.25, -0.2) is 8.78 Å². The summed E-state index contributed by atoms with van der Waals surface area (Å²) in [5.41, 5.74) is -0.370. The molecule has 0 N–H and O–H groups in total. The SMILES string of the molecule is CC(C)C(=O)N1CCC2(CCCN(Cc3cccc(F)c3F)C2=O)C1. The molecule has 2 aliphatic heterocycles. The molecule has 0 radical (unpaired) electrons. The van der Waals surface area contributed by atoms with Crippen molar-refractivity contribution in [1.29, 1.82) is 0 Å². The molecule has 3 rings (SSSR count). The van der Waals surface area contributed by atoms with E-state index in [1.54, 1.807) is 9.80 Å². The second kappa shape index (κ2) is 6.73. The first-order chi connectivity index (χ1) is 11.8. The van der Waals surface area contributed by atoms with Gasteiger partial charge >= 0.3 is 0 Å². The van der Waals surface area contributed by atoms with Gasteiger partial charge in [0.15, 0.2) is 11.6 Å². The minimum atomic E-state index is -0.897. The lowest BCUT2D eigenvalue weighted by atomic mass is 9.78. The minimum absolute atomic E-state index is 0.0403. The van der Waals surface area contributed by atoms with E-state index in [0.717, 1.165) is 18.9 Å². The van der Waals surface area contributed by atoms with Crippen LogP contribution < -0.4 is 0 Å². The van der Waals surface area contributed by atoms with Crippen LogP contribution >= 0.6 is 0 Å². The molecule has 2 fully saturated rings. The van der Waals surface area contributed by atoms with Crippen molar-refractivity contribution in [2.24, 2.45) is 11.3 Å². The lowest BCUT2D eigenvalue weighted by Gasteiger charge is -2.39. The van der Waals surface area contributed by atoms with Crippen LogP contribution in [0.3, 0.4) is 0 Å². The summed E-state index contributed by atoms with van der Waals surface area (Å²) < 4.78 is 27.4. The number of piperidine rings is 1. The Bertz CT molecular complexity index is 692. The Morgan fingerprint density at radius 3 is 2.72 bits per heavy atom. The van der Waals surface area contributed by atoms with Crippen LogP contribution in [-0.2, 0) is 16.1 Å². The van der Waals surface area contributed by atoms with Crippen molar-refractivity contribution in [3.05, 3.63) is 35.4 Å². The van der Waals surface area contributed by atoms with Gasteiger partial charge in [0.25, 0.3) is 0 Å². The molecule has 1 unspecified atom stereocenters. The Kier molecular flexibility index (Phi) is 4.80. The molecule has 2 saturated heterocycles. The Morgan fingerprint density at radius 1 is 1.24 bits per heavy atom. The number of carbonyl (C=O) groups is 2. The molecule has 2 aliphatic rings. The number of nitrogens with zero attached hydrogens (tertiary/aromatic N) is 2. The Balaban J connectivity index is 1.76. The number of carbonyl (C=O) groups excluding carboxylic acids is 2. The third kappa shape index (κ3) is 3.26. The normalized spacial score (nSPS) is 23.8. The van der Waals surface area contributed by atoms with Crippen molar-refractivity contribution in [3.8, 4) is 0 Å². The topological polar surface area (TPSA) is 40.6 Å². The zero-order valence-corrected chi connectivity index (χ0v) is 14.7. The monoisotopic (exact) mass is 350 g/mol. The quantitative estimate of drug-likeness (QED) is 0.841. The van der Waals surface area contributed by atoms with Crippen molar-refractivity contribution in [2.75, 3.05) is 19.6 Å². The van der Waals surface area contributed by atoms with Gasteiger partial charge in [0.1, 0.15) is 0 Å². The van der Waals surface area contributed by atoms with E-state index in [0.29, 0.717) is 26.1 Å². The van der Waals surface area contributed by atoms with Crippen LogP contribution in [0.1, 0.15) is 38.7 Å². The average molecular weight is 350 g/mol. The highest BCUT2D eigenvalue weighted by Crippen LogP contribution is 2.41. The van der Waals surface area contributed by atoms with Gasteiger partial charge in [-0.2, -0.15) is 0 Å². The zero-order chi connectivity index (χ0) is 18.2. The number of rotatable bonds is 3. The van der Waals surface area contributed by atoms with Crippen LogP contribution in [0.5, 0.6) is 0 Å². The highest BCUT2D eigenvalue weighted by atomic mass is 19.2. The number of hydrogen-bond acceptors (Lipinski definition) is 2. The summed E-state index contributed by atoms with van der Waals surface area (Å²) in [6, 6.07) is 4.04. The third-order valence-corrected chi connectivity index (χ3v) is 5.38. The molecule has 0 saturated carbocycles. The maximum atomic E-state index is 13.9. The van der Waals surface area contributed by atoms with Gasteiger partial charge in [0.2, 0.25) is 11.8 Å². The molecule has 136 valence electrons. The van der Waals surface area contributed by atoms with E-state index in [4.69, 9.17) is 0 Å². The van der Waals surface area contributed by atoms with Crippen molar-refractivity contribution in [3.63, 3.8) is 0 Å². The Labute approximate surface area is 146 Å². The number of hydrogen-bond donors (Lipinski definition) is 0. The molecule has 1 aromatic rings. The maximum absolute atomic E-state index is 13.9. The van der Waals surface area contributed by atoms with E-state index < -0.39 is 17.0 Å². The number of benzene rings is 1. The first kappa shape index (κ1) is 17.8. The van der Waals surface area contributed by atoms with Crippen molar-refractivity contribution in [1.82, 2.24) is 9.80 Å². The molecule has 25 heavy (non-hydrogen) atoms. The van der Waals surface area contributed by atoms with Crippen molar-refractivity contribution < 1.29 is 18.4 Å². The van der Waals surface area contributed by atoms with Gasteiger partial charge in [-0.05, 0) is 25.3 Å². The molecule has 1 atom stereocenters. The summed E-state index contributed by atoms with van der Waals surface area (Å²) >= 11 is 0. The zero-order valence-electron chi connectivity index (χ0n) is 14.7. The van der Waals surface area contributed by atoms with Gasteiger partial charge < -0.3 is 9.80 Å². The van der Waals surface area contributed by atoms with Gasteiger partial charge in [0, 0.05) is 37.7 Å². The molecule has 1 spiro atoms. The van der Waals surface area contributed by atoms with Gasteiger partial charge in [-0.1, -0.05) is 26.0 Å². The van der Waals surface area contributed by atoms with E-state index in [2.05, 4.69) is 0 Å². The second-order valence-electron chi connectivity index (χ2n) is 7.49. The maximum Gasteiger partial charge on any atom is 0.230 e. The fraction of sp³-hybridized carbons (Fsp3) is 0.579. The smallest absolute Gasteiger partial charge is 0.230 e. The summed E-state index contributed by atoms with van der Waals surface area (Å²) in [4.78, 5) is 28.7. The number of amides is 2. The largest absolute Gasteiger partial charge is 0.341 e. The predicted molar refractivity (Wildman–Crippen MR) is 89.5 cm³/mol. The van der Waals surface area contributed by atoms with Crippen LogP contribution in [0.15, 0.2) is 18.2 Å². The summed E-state index contributed by atoms with van der Waals surface area (Å²) in [5, 5.41) is 0. The molecule has 0 aliphatic carbocycles. The molecule has 1 aromatic carbocycles. The fourth-order valence-electron chi connectivity index (χ4n) is 3.98. The summed E-state index contributed by atoms with van der Waals surface area (Å²) in [6.45, 7) is 5.34. The standard InChI is InChI=1S/C19H24F2N2O2/c1-13(2)17(24)23-10-8-19(12-23)7-4-9-22(18(19)25)11-14-5-3-6-15(20)16(14)21/h3,5-6,13H,4,7-12H2,1-2H3. The Morgan fingerprint density at radius 2 is 2.00 bits per heavy atom. The molecular weight excluding hydrogens is 326 g/mol. The lowest BCUT2D eigenvalue weighted by molar-refractivity contribution is -0.147. The average Bonchev–Trinajstić information content (AvgIpc) is 3.00. The van der Waals surface area contributed by atoms with E-state index in [-0.39, 0.29) is 29.8 Å². The van der Waals surface area contributed by atoms with Crippen molar-refractivity contribution >= 4 is 11.8 Å². The van der Waals surface area contributed by atoms with Gasteiger partial charge in [-0.3, -0.25) is 9.59 Å². The van der Waals surface area contributed by atoms with E-state index in [9.17, 15) is 18.4 Å². The summed E-state index contributed by atoms with van der Waals surface area (Å²) in [6.07, 6.45) is 2.20. The van der Waals surface area contributed by atoms with Crippen LogP contribution in [0, 0.1) is 23.0 Å². The van der Waals surface area contributed by atoms with Crippen LogP contribution in [0.25, 0.3) is 0 Å². The van der Waals surface area contributed by atoms with Crippen LogP contribution in [0.2, 0.25) is 0 Å². The van der Waals surface area contributed by atoms with Gasteiger partial charge in [0.05, 0.1) is 5.41 Å². The molecule has 4 nitrogen and oxygen atoms in total. The molecule has 2 heterocycles. The highest BCUT2D eigenvalue weighted by molar-refractivity contribution is 5.86. The fourth-order valence-corrected chi connectivity index (χ4v) is 3.98. The highest BCUT2D eigenvalue weighted by Gasteiger charge is 2.49. The Hall–Kier alpha value is -1.98. The number of likely N-dealkylation sites (tertiary alicyclic amines) is 2. The van der Waals surface area contributed by atoms with E-state index in [1.807, 2.05) is 13.8 Å². The van der Waals surface area contributed by atoms with E-state index >= 15 is 0 Å². The molecule has 0 bridgehead atoms. The van der Waals surface area contributed by atoms with Gasteiger partial charge in [-0.15, -0.1) is 0 Å². The lowest BCUT2D eigenvalue weighted by Crippen LogP contribution is -2.50. The summed E-state index contributed by atoms with van der Waals surface area (Å²) in [5.74, 6) is -1.85. The van der Waals surface area contributed by atoms with E-state index in [1.165, 1.54) is 12.1 Å². The van der Waals surface area contributed by atoms with Crippen LogP contribution in [0.4, 0.5) is 8.78 Å². The number of halogens is 2. The molecule has 6 heteroatoms. The first-order valence-electron chi connectivity index (χ1n) is 8.85. The molecule has 0 aromatic heterocycles. The predicted octanol–water partition coefficient (Wildman–Crippen LogP) is 2.96. The molecule has 2 amide bonds. The second-order valence-corrected chi connectivity index (χ2v) is 7.49. The molecular formula is C19H24F2N2O2. The third-order valence-electron chi connectivity index (χ3n) is 5.38. The van der Waals surface area contributed by atoms with Crippen LogP contribution in [-0.4, -0.2) is 41.2 Å². The minimum Gasteiger partial charge on any atom is -0.341 e. The first-order valence-corrected chi connectivity index (χ1v) is 8.85. The van der Waals surface area contributed by atoms with Crippen molar-refractivity contribution in [2.45, 2.75) is 39.7 Å². The summed E-state index contributed by atoms with van der Waals surface area (Å²) in [7, 11) is 0.